The van der Waals surface area contributed by atoms with Crippen LogP contribution in [0.3, 0.4) is 0 Å². The van der Waals surface area contributed by atoms with E-state index >= 15 is 0 Å². The van der Waals surface area contributed by atoms with Crippen molar-refractivity contribution < 1.29 is 14.6 Å². The van der Waals surface area contributed by atoms with E-state index in [0.29, 0.717) is 11.3 Å². The maximum atomic E-state index is 11.5. The molecule has 2 heterocycles. The quantitative estimate of drug-likeness (QED) is 0.818. The highest BCUT2D eigenvalue weighted by atomic mass is 16.5. The van der Waals surface area contributed by atoms with Gasteiger partial charge >= 0.3 is 5.97 Å². The molecule has 2 rings (SSSR count). The number of hydrogen-bond donors (Lipinski definition) is 1. The number of carbonyl (C=O) groups is 1. The molecule has 5 nitrogen and oxygen atoms in total. The maximum absolute atomic E-state index is 11.5. The summed E-state index contributed by atoms with van der Waals surface area (Å²) in [6, 6.07) is 3.26. The summed E-state index contributed by atoms with van der Waals surface area (Å²) in [4.78, 5) is 15.6. The first-order valence-corrected chi connectivity index (χ1v) is 5.41. The van der Waals surface area contributed by atoms with Crippen molar-refractivity contribution in [2.24, 2.45) is 0 Å². The third-order valence-electron chi connectivity index (χ3n) is 2.20. The van der Waals surface area contributed by atoms with Gasteiger partial charge in [0.05, 0.1) is 18.2 Å². The second kappa shape index (κ2) is 4.45. The van der Waals surface area contributed by atoms with Crippen molar-refractivity contribution in [3.8, 4) is 5.75 Å². The van der Waals surface area contributed by atoms with E-state index in [9.17, 15) is 9.90 Å². The zero-order valence-corrected chi connectivity index (χ0v) is 9.75. The molecule has 0 aromatic carbocycles. The van der Waals surface area contributed by atoms with Crippen LogP contribution in [0.1, 0.15) is 19.5 Å². The highest BCUT2D eigenvalue weighted by Gasteiger charge is 2.11. The van der Waals surface area contributed by atoms with Crippen LogP contribution >= 0.6 is 0 Å². The number of aromatic hydroxyl groups is 1. The standard InChI is InChI=1S/C12H14N2O3/c1-8(2)17-11(16)6-9-7-14-5-3-4-10(15)12(14)13-9/h3-5,7-8,15H,6H2,1-2H3. The summed E-state index contributed by atoms with van der Waals surface area (Å²) in [6.07, 6.45) is 3.45. The average molecular weight is 234 g/mol. The first-order chi connectivity index (χ1) is 8.06. The fourth-order valence-corrected chi connectivity index (χ4v) is 1.59. The maximum Gasteiger partial charge on any atom is 0.312 e. The summed E-state index contributed by atoms with van der Waals surface area (Å²) < 4.78 is 6.70. The molecule has 0 spiro atoms. The fraction of sp³-hybridized carbons (Fsp3) is 0.333. The third-order valence-corrected chi connectivity index (χ3v) is 2.20. The Morgan fingerprint density at radius 2 is 2.35 bits per heavy atom. The van der Waals surface area contributed by atoms with Crippen molar-refractivity contribution in [1.82, 2.24) is 9.38 Å². The molecule has 0 radical (unpaired) electrons. The summed E-state index contributed by atoms with van der Waals surface area (Å²) in [7, 11) is 0. The van der Waals surface area contributed by atoms with Crippen LogP contribution in [0.2, 0.25) is 0 Å². The van der Waals surface area contributed by atoms with E-state index in [-0.39, 0.29) is 24.2 Å². The first-order valence-electron chi connectivity index (χ1n) is 5.41. The van der Waals surface area contributed by atoms with Crippen LogP contribution in [-0.2, 0) is 16.0 Å². The highest BCUT2D eigenvalue weighted by Crippen LogP contribution is 2.17. The van der Waals surface area contributed by atoms with Crippen molar-refractivity contribution in [3.63, 3.8) is 0 Å². The van der Waals surface area contributed by atoms with E-state index in [1.165, 1.54) is 0 Å². The minimum absolute atomic E-state index is 0.0935. The summed E-state index contributed by atoms with van der Waals surface area (Å²) in [5.41, 5.74) is 1.02. The van der Waals surface area contributed by atoms with Crippen LogP contribution in [0.4, 0.5) is 0 Å². The number of esters is 1. The second-order valence-electron chi connectivity index (χ2n) is 4.07. The molecule has 1 N–H and O–H groups in total. The number of nitrogens with zero attached hydrogens (tertiary/aromatic N) is 2. The van der Waals surface area contributed by atoms with Gasteiger partial charge in [0, 0.05) is 12.4 Å². The van der Waals surface area contributed by atoms with Crippen LogP contribution in [-0.4, -0.2) is 26.6 Å². The van der Waals surface area contributed by atoms with E-state index in [1.807, 2.05) is 0 Å². The Hall–Kier alpha value is -2.04. The molecule has 0 saturated carbocycles. The Morgan fingerprint density at radius 3 is 3.00 bits per heavy atom. The van der Waals surface area contributed by atoms with E-state index in [1.54, 1.807) is 42.8 Å². The molecular formula is C12H14N2O3. The number of carbonyl (C=O) groups excluding carboxylic acids is 1. The van der Waals surface area contributed by atoms with Crippen molar-refractivity contribution >= 4 is 11.6 Å². The van der Waals surface area contributed by atoms with Gasteiger partial charge in [0.25, 0.3) is 0 Å². The Labute approximate surface area is 98.7 Å². The number of fused-ring (bicyclic) bond motifs is 1. The summed E-state index contributed by atoms with van der Waals surface area (Å²) in [6.45, 7) is 3.60. The minimum Gasteiger partial charge on any atom is -0.504 e. The minimum atomic E-state index is -0.317. The molecule has 17 heavy (non-hydrogen) atoms. The molecular weight excluding hydrogens is 220 g/mol. The molecule has 0 fully saturated rings. The van der Waals surface area contributed by atoms with Gasteiger partial charge in [-0.15, -0.1) is 0 Å². The molecule has 0 aliphatic carbocycles. The van der Waals surface area contributed by atoms with Gasteiger partial charge in [-0.25, -0.2) is 4.98 Å². The molecule has 0 bridgehead atoms. The Kier molecular flexibility index (Phi) is 2.99. The van der Waals surface area contributed by atoms with Crippen molar-refractivity contribution in [1.29, 1.82) is 0 Å². The monoisotopic (exact) mass is 234 g/mol. The second-order valence-corrected chi connectivity index (χ2v) is 4.07. The fourth-order valence-electron chi connectivity index (χ4n) is 1.59. The lowest BCUT2D eigenvalue weighted by Gasteiger charge is -2.05. The average Bonchev–Trinajstić information content (AvgIpc) is 2.60. The van der Waals surface area contributed by atoms with Gasteiger partial charge in [0.2, 0.25) is 0 Å². The van der Waals surface area contributed by atoms with Crippen LogP contribution in [0.25, 0.3) is 5.65 Å². The lowest BCUT2D eigenvalue weighted by Crippen LogP contribution is -2.13. The first kappa shape index (κ1) is 11.4. The molecule has 0 atom stereocenters. The molecule has 0 aliphatic rings. The molecule has 90 valence electrons. The normalized spacial score (nSPS) is 11.0. The number of ether oxygens (including phenoxy) is 1. The molecule has 2 aromatic heterocycles. The van der Waals surface area contributed by atoms with Gasteiger partial charge in [-0.05, 0) is 26.0 Å². The van der Waals surface area contributed by atoms with Crippen LogP contribution < -0.4 is 0 Å². The molecule has 0 unspecified atom stereocenters. The zero-order chi connectivity index (χ0) is 12.4. The van der Waals surface area contributed by atoms with Gasteiger partial charge in [-0.2, -0.15) is 0 Å². The summed E-state index contributed by atoms with van der Waals surface area (Å²) >= 11 is 0. The Morgan fingerprint density at radius 1 is 1.59 bits per heavy atom. The van der Waals surface area contributed by atoms with E-state index in [0.717, 1.165) is 0 Å². The number of rotatable bonds is 3. The molecule has 0 saturated heterocycles. The predicted octanol–water partition coefficient (Wildman–Crippen LogP) is 1.53. The number of hydrogen-bond acceptors (Lipinski definition) is 4. The van der Waals surface area contributed by atoms with Crippen molar-refractivity contribution in [3.05, 3.63) is 30.2 Å². The van der Waals surface area contributed by atoms with Crippen LogP contribution in [0, 0.1) is 0 Å². The Bertz CT molecular complexity index is 546. The topological polar surface area (TPSA) is 63.8 Å². The smallest absolute Gasteiger partial charge is 0.312 e. The Balaban J connectivity index is 2.20. The van der Waals surface area contributed by atoms with Crippen molar-refractivity contribution in [2.75, 3.05) is 0 Å². The zero-order valence-electron chi connectivity index (χ0n) is 9.75. The lowest BCUT2D eigenvalue weighted by atomic mass is 10.3. The van der Waals surface area contributed by atoms with E-state index < -0.39 is 0 Å². The van der Waals surface area contributed by atoms with E-state index in [2.05, 4.69) is 4.98 Å². The molecule has 2 aromatic rings. The molecule has 0 amide bonds. The van der Waals surface area contributed by atoms with Crippen molar-refractivity contribution in [2.45, 2.75) is 26.4 Å². The van der Waals surface area contributed by atoms with Gasteiger partial charge in [-0.3, -0.25) is 4.79 Å². The van der Waals surface area contributed by atoms with Crippen LogP contribution in [0.15, 0.2) is 24.5 Å². The third kappa shape index (κ3) is 2.55. The van der Waals surface area contributed by atoms with Crippen LogP contribution in [0.5, 0.6) is 5.75 Å². The number of imidazole rings is 1. The molecule has 0 aliphatic heterocycles. The summed E-state index contributed by atoms with van der Waals surface area (Å²) in [5.74, 6) is -0.223. The SMILES string of the molecule is CC(C)OC(=O)Cc1cn2cccc(O)c2n1. The van der Waals surface area contributed by atoms with Gasteiger partial charge < -0.3 is 14.2 Å². The van der Waals surface area contributed by atoms with E-state index in [4.69, 9.17) is 4.74 Å². The van der Waals surface area contributed by atoms with Gasteiger partial charge in [-0.1, -0.05) is 0 Å². The molecule has 5 heteroatoms. The lowest BCUT2D eigenvalue weighted by molar-refractivity contribution is -0.146. The number of pyridine rings is 1. The van der Waals surface area contributed by atoms with Gasteiger partial charge in [0.1, 0.15) is 0 Å². The summed E-state index contributed by atoms with van der Waals surface area (Å²) in [5, 5.41) is 9.56. The predicted molar refractivity (Wildman–Crippen MR) is 61.8 cm³/mol. The number of aromatic nitrogens is 2. The largest absolute Gasteiger partial charge is 0.504 e. The van der Waals surface area contributed by atoms with Gasteiger partial charge in [0.15, 0.2) is 11.4 Å². The highest BCUT2D eigenvalue weighted by molar-refractivity contribution is 5.72.